The number of fused-ring (bicyclic) bond motifs is 2. The number of carbonyl (C=O) groups excluding carboxylic acids is 1. The summed E-state index contributed by atoms with van der Waals surface area (Å²) in [7, 11) is 0. The van der Waals surface area contributed by atoms with Crippen molar-refractivity contribution in [1.29, 1.82) is 0 Å². The van der Waals surface area contributed by atoms with E-state index in [-0.39, 0.29) is 11.5 Å². The number of amides is 1. The minimum atomic E-state index is -0.0742. The maximum atomic E-state index is 12.6. The lowest BCUT2D eigenvalue weighted by atomic mass is 9.92. The van der Waals surface area contributed by atoms with Gasteiger partial charge in [-0.25, -0.2) is 4.98 Å². The van der Waals surface area contributed by atoms with Crippen LogP contribution < -0.4 is 10.9 Å². The Morgan fingerprint density at radius 3 is 2.64 bits per heavy atom. The van der Waals surface area contributed by atoms with Gasteiger partial charge < -0.3 is 10.2 Å². The Morgan fingerprint density at radius 2 is 1.88 bits per heavy atom. The number of hydrogen-bond donors (Lipinski definition) is 1. The third-order valence-corrected chi connectivity index (χ3v) is 5.67. The van der Waals surface area contributed by atoms with Crippen molar-refractivity contribution in [2.24, 2.45) is 11.8 Å². The van der Waals surface area contributed by atoms with Crippen molar-refractivity contribution in [1.82, 2.24) is 19.8 Å². The Labute approximate surface area is 146 Å². The van der Waals surface area contributed by atoms with Gasteiger partial charge in [0.2, 0.25) is 5.91 Å². The van der Waals surface area contributed by atoms with Crippen LogP contribution in [-0.4, -0.2) is 46.5 Å². The first kappa shape index (κ1) is 16.3. The average Bonchev–Trinajstić information content (AvgIpc) is 2.99. The predicted octanol–water partition coefficient (Wildman–Crippen LogP) is 1.24. The summed E-state index contributed by atoms with van der Waals surface area (Å²) in [6.45, 7) is 4.25. The molecule has 3 heterocycles. The standard InChI is InChI=1S/C19H24N4O2/c24-18(22-8-5-14-11-20-12-15(14)6-9-22)7-10-23-13-21-17-4-2-1-3-16(17)19(23)25/h1-4,13-15,20H,5-12H2/t14-,15+. The van der Waals surface area contributed by atoms with Crippen LogP contribution in [0, 0.1) is 11.8 Å². The molecule has 4 rings (SSSR count). The fraction of sp³-hybridized carbons (Fsp3) is 0.526. The summed E-state index contributed by atoms with van der Waals surface area (Å²) in [5.74, 6) is 1.57. The number of aromatic nitrogens is 2. The van der Waals surface area contributed by atoms with Gasteiger partial charge in [-0.3, -0.25) is 14.2 Å². The molecule has 1 aromatic heterocycles. The van der Waals surface area contributed by atoms with Crippen LogP contribution in [0.25, 0.3) is 10.9 Å². The van der Waals surface area contributed by atoms with Crippen molar-refractivity contribution in [3.63, 3.8) is 0 Å². The molecule has 0 bridgehead atoms. The second-order valence-electron chi connectivity index (χ2n) is 7.15. The van der Waals surface area contributed by atoms with Crippen molar-refractivity contribution < 1.29 is 4.79 Å². The van der Waals surface area contributed by atoms with Crippen LogP contribution in [0.15, 0.2) is 35.4 Å². The van der Waals surface area contributed by atoms with Crippen molar-refractivity contribution in [2.75, 3.05) is 26.2 Å². The number of likely N-dealkylation sites (tertiary alicyclic amines) is 1. The fourth-order valence-corrected chi connectivity index (χ4v) is 4.11. The largest absolute Gasteiger partial charge is 0.343 e. The molecule has 2 aliphatic heterocycles. The van der Waals surface area contributed by atoms with Crippen LogP contribution in [-0.2, 0) is 11.3 Å². The number of nitrogens with one attached hydrogen (secondary N) is 1. The molecule has 1 amide bonds. The summed E-state index contributed by atoms with van der Waals surface area (Å²) in [6.07, 6.45) is 4.08. The first-order valence-corrected chi connectivity index (χ1v) is 9.15. The monoisotopic (exact) mass is 340 g/mol. The van der Waals surface area contributed by atoms with Gasteiger partial charge in [-0.2, -0.15) is 0 Å². The number of benzene rings is 1. The van der Waals surface area contributed by atoms with E-state index in [1.165, 1.54) is 0 Å². The molecule has 1 aromatic carbocycles. The van der Waals surface area contributed by atoms with E-state index < -0.39 is 0 Å². The molecule has 6 nitrogen and oxygen atoms in total. The minimum Gasteiger partial charge on any atom is -0.343 e. The molecule has 2 saturated heterocycles. The number of aryl methyl sites for hydroxylation is 1. The van der Waals surface area contributed by atoms with E-state index in [9.17, 15) is 9.59 Å². The van der Waals surface area contributed by atoms with Crippen LogP contribution in [0.4, 0.5) is 0 Å². The topological polar surface area (TPSA) is 67.2 Å². The molecule has 2 fully saturated rings. The predicted molar refractivity (Wildman–Crippen MR) is 96.3 cm³/mol. The van der Waals surface area contributed by atoms with Gasteiger partial charge in [-0.1, -0.05) is 12.1 Å². The highest BCUT2D eigenvalue weighted by molar-refractivity contribution is 5.77. The van der Waals surface area contributed by atoms with E-state index >= 15 is 0 Å². The Hall–Kier alpha value is -2.21. The molecule has 0 saturated carbocycles. The molecule has 2 aromatic rings. The highest BCUT2D eigenvalue weighted by Gasteiger charge is 2.31. The van der Waals surface area contributed by atoms with Crippen LogP contribution >= 0.6 is 0 Å². The average molecular weight is 340 g/mol. The molecular formula is C19H24N4O2. The van der Waals surface area contributed by atoms with Crippen LogP contribution in [0.3, 0.4) is 0 Å². The van der Waals surface area contributed by atoms with Gasteiger partial charge >= 0.3 is 0 Å². The Balaban J connectivity index is 1.40. The summed E-state index contributed by atoms with van der Waals surface area (Å²) in [5.41, 5.74) is 0.623. The lowest BCUT2D eigenvalue weighted by molar-refractivity contribution is -0.131. The van der Waals surface area contributed by atoms with Gasteiger partial charge in [0.1, 0.15) is 0 Å². The second-order valence-corrected chi connectivity index (χ2v) is 7.15. The molecule has 1 N–H and O–H groups in total. The van der Waals surface area contributed by atoms with E-state index in [0.29, 0.717) is 35.7 Å². The third-order valence-electron chi connectivity index (χ3n) is 5.67. The zero-order valence-corrected chi connectivity index (χ0v) is 14.4. The highest BCUT2D eigenvalue weighted by Crippen LogP contribution is 2.27. The maximum absolute atomic E-state index is 12.6. The Morgan fingerprint density at radius 1 is 1.16 bits per heavy atom. The molecule has 2 aliphatic rings. The van der Waals surface area contributed by atoms with Gasteiger partial charge in [0.05, 0.1) is 17.2 Å². The van der Waals surface area contributed by atoms with Crippen molar-refractivity contribution in [2.45, 2.75) is 25.8 Å². The number of carbonyl (C=O) groups is 1. The van der Waals surface area contributed by atoms with Gasteiger partial charge in [-0.15, -0.1) is 0 Å². The van der Waals surface area contributed by atoms with Crippen molar-refractivity contribution in [3.8, 4) is 0 Å². The fourth-order valence-electron chi connectivity index (χ4n) is 4.11. The Bertz CT molecular complexity index is 818. The van der Waals surface area contributed by atoms with Gasteiger partial charge in [0.15, 0.2) is 0 Å². The van der Waals surface area contributed by atoms with Crippen LogP contribution in [0.5, 0.6) is 0 Å². The number of para-hydroxylation sites is 1. The molecular weight excluding hydrogens is 316 g/mol. The lowest BCUT2D eigenvalue weighted by Gasteiger charge is -2.21. The Kier molecular flexibility index (Phi) is 4.53. The van der Waals surface area contributed by atoms with E-state index in [2.05, 4.69) is 10.3 Å². The first-order valence-electron chi connectivity index (χ1n) is 9.15. The van der Waals surface area contributed by atoms with Gasteiger partial charge in [0.25, 0.3) is 5.56 Å². The highest BCUT2D eigenvalue weighted by atomic mass is 16.2. The zero-order chi connectivity index (χ0) is 17.2. The quantitative estimate of drug-likeness (QED) is 0.913. The maximum Gasteiger partial charge on any atom is 0.261 e. The van der Waals surface area contributed by atoms with Gasteiger partial charge in [0, 0.05) is 26.1 Å². The van der Waals surface area contributed by atoms with Crippen molar-refractivity contribution in [3.05, 3.63) is 40.9 Å². The molecule has 0 spiro atoms. The number of rotatable bonds is 3. The van der Waals surface area contributed by atoms with E-state index in [0.717, 1.165) is 39.0 Å². The molecule has 2 atom stereocenters. The molecule has 0 unspecified atom stereocenters. The van der Waals surface area contributed by atoms with E-state index in [4.69, 9.17) is 0 Å². The molecule has 0 radical (unpaired) electrons. The third kappa shape index (κ3) is 3.31. The molecule has 0 aliphatic carbocycles. The summed E-state index contributed by atoms with van der Waals surface area (Å²) in [6, 6.07) is 7.32. The van der Waals surface area contributed by atoms with Crippen LogP contribution in [0.2, 0.25) is 0 Å². The molecule has 132 valence electrons. The SMILES string of the molecule is O=C(CCn1cnc2ccccc2c1=O)N1CC[C@@H]2CNC[C@@H]2CC1. The summed E-state index contributed by atoms with van der Waals surface area (Å²) in [4.78, 5) is 31.4. The van der Waals surface area contributed by atoms with E-state index in [1.54, 1.807) is 17.0 Å². The number of nitrogens with zero attached hydrogens (tertiary/aromatic N) is 3. The smallest absolute Gasteiger partial charge is 0.261 e. The summed E-state index contributed by atoms with van der Waals surface area (Å²) in [5, 5.41) is 4.06. The van der Waals surface area contributed by atoms with E-state index in [1.807, 2.05) is 23.1 Å². The van der Waals surface area contributed by atoms with Gasteiger partial charge in [-0.05, 0) is 49.9 Å². The normalized spacial score (nSPS) is 23.4. The zero-order valence-electron chi connectivity index (χ0n) is 14.4. The second kappa shape index (κ2) is 6.96. The first-order chi connectivity index (χ1) is 12.2. The summed E-state index contributed by atoms with van der Waals surface area (Å²) < 4.78 is 1.55. The molecule has 25 heavy (non-hydrogen) atoms. The molecule has 6 heteroatoms. The summed E-state index contributed by atoms with van der Waals surface area (Å²) >= 11 is 0. The van der Waals surface area contributed by atoms with Crippen LogP contribution in [0.1, 0.15) is 19.3 Å². The lowest BCUT2D eigenvalue weighted by Crippen LogP contribution is -2.34. The van der Waals surface area contributed by atoms with Crippen molar-refractivity contribution >= 4 is 16.8 Å². The number of hydrogen-bond acceptors (Lipinski definition) is 4. The minimum absolute atomic E-state index is 0.0742.